The van der Waals surface area contributed by atoms with Crippen molar-refractivity contribution in [2.24, 2.45) is 0 Å². The number of fused-ring (bicyclic) bond motifs is 2. The minimum Gasteiger partial charge on any atom is -0.482 e. The summed E-state index contributed by atoms with van der Waals surface area (Å²) in [4.78, 5) is 32.3. The molecule has 3 heterocycles. The Balaban J connectivity index is 1.41. The smallest absolute Gasteiger partial charge is 0.410 e. The van der Waals surface area contributed by atoms with Gasteiger partial charge in [-0.15, -0.1) is 0 Å². The van der Waals surface area contributed by atoms with E-state index >= 15 is 0 Å². The lowest BCUT2D eigenvalue weighted by molar-refractivity contribution is -0.128. The quantitative estimate of drug-likeness (QED) is 0.781. The van der Waals surface area contributed by atoms with Gasteiger partial charge in [0.05, 0.1) is 12.2 Å². The molecule has 2 amide bonds. The zero-order chi connectivity index (χ0) is 21.5. The highest BCUT2D eigenvalue weighted by Gasteiger charge is 2.35. The maximum absolute atomic E-state index is 12.8. The summed E-state index contributed by atoms with van der Waals surface area (Å²) < 4.78 is 17.1. The number of para-hydroxylation sites is 2. The Kier molecular flexibility index (Phi) is 5.31. The number of ether oxygens (including phenoxy) is 3. The number of benzene rings is 1. The number of nitrogens with zero attached hydrogens (tertiary/aromatic N) is 2. The van der Waals surface area contributed by atoms with E-state index in [1.807, 2.05) is 39.0 Å². The fraction of sp³-hybridized carbons (Fsp3) is 0.476. The summed E-state index contributed by atoms with van der Waals surface area (Å²) in [5.74, 6) is 0.857. The van der Waals surface area contributed by atoms with E-state index in [0.29, 0.717) is 36.1 Å². The van der Waals surface area contributed by atoms with E-state index in [9.17, 15) is 9.59 Å². The number of rotatable bonds is 2. The van der Waals surface area contributed by atoms with E-state index in [1.165, 1.54) is 11.3 Å². The highest BCUT2D eigenvalue weighted by molar-refractivity contribution is 7.15. The van der Waals surface area contributed by atoms with E-state index in [4.69, 9.17) is 14.2 Å². The Morgan fingerprint density at radius 3 is 2.63 bits per heavy atom. The molecule has 0 fully saturated rings. The molecule has 2 aliphatic rings. The number of aromatic nitrogens is 1. The van der Waals surface area contributed by atoms with Crippen molar-refractivity contribution >= 4 is 28.5 Å². The number of hydrogen-bond acceptors (Lipinski definition) is 7. The van der Waals surface area contributed by atoms with E-state index in [1.54, 1.807) is 17.9 Å². The zero-order valence-corrected chi connectivity index (χ0v) is 18.2. The molecule has 30 heavy (non-hydrogen) atoms. The van der Waals surface area contributed by atoms with Crippen LogP contribution < -0.4 is 14.8 Å². The van der Waals surface area contributed by atoms with Crippen molar-refractivity contribution in [1.29, 1.82) is 0 Å². The first-order chi connectivity index (χ1) is 14.2. The third-order valence-corrected chi connectivity index (χ3v) is 5.71. The molecule has 0 unspecified atom stereocenters. The van der Waals surface area contributed by atoms with Gasteiger partial charge in [-0.1, -0.05) is 23.5 Å². The van der Waals surface area contributed by atoms with Gasteiger partial charge in [-0.2, -0.15) is 0 Å². The summed E-state index contributed by atoms with van der Waals surface area (Å²) in [6.45, 7) is 8.29. The van der Waals surface area contributed by atoms with Crippen LogP contribution >= 0.6 is 11.3 Å². The van der Waals surface area contributed by atoms with Crippen LogP contribution in [0, 0.1) is 0 Å². The second kappa shape index (κ2) is 7.79. The normalized spacial score (nSPS) is 20.3. The molecule has 9 heteroatoms. The van der Waals surface area contributed by atoms with Crippen LogP contribution in [-0.4, -0.2) is 46.2 Å². The van der Waals surface area contributed by atoms with Gasteiger partial charge >= 0.3 is 6.09 Å². The predicted molar refractivity (Wildman–Crippen MR) is 112 cm³/mol. The molecule has 1 aromatic carbocycles. The van der Waals surface area contributed by atoms with Crippen LogP contribution in [-0.2, 0) is 22.5 Å². The van der Waals surface area contributed by atoms with Crippen LogP contribution in [0.2, 0.25) is 0 Å². The van der Waals surface area contributed by atoms with Crippen molar-refractivity contribution in [1.82, 2.24) is 9.88 Å². The average Bonchev–Trinajstić information content (AvgIpc) is 3.07. The van der Waals surface area contributed by atoms with Gasteiger partial charge in [-0.25, -0.2) is 9.78 Å². The topological polar surface area (TPSA) is 90.0 Å². The molecule has 0 bridgehead atoms. The second-order valence-corrected chi connectivity index (χ2v) is 9.42. The third-order valence-electron chi connectivity index (χ3n) is 4.71. The number of amides is 2. The van der Waals surface area contributed by atoms with E-state index < -0.39 is 17.8 Å². The van der Waals surface area contributed by atoms with Crippen LogP contribution in [0.3, 0.4) is 0 Å². The molecule has 2 atom stereocenters. The van der Waals surface area contributed by atoms with Gasteiger partial charge in [0.15, 0.2) is 16.6 Å². The maximum Gasteiger partial charge on any atom is 0.410 e. The van der Waals surface area contributed by atoms with Crippen molar-refractivity contribution in [3.8, 4) is 11.5 Å². The van der Waals surface area contributed by atoms with Gasteiger partial charge in [0.25, 0.3) is 5.91 Å². The number of thiazole rings is 1. The standard InChI is InChI=1S/C21H25N3O5S/c1-12-17(28-15-8-6-5-7-14(15)27-12)18(25)23-19-22-13-9-10-24(11-16(13)30-19)20(26)29-21(2,3)4/h5-8,12,17H,9-11H2,1-4H3,(H,22,23,25)/t12-,17-/m0/s1. The molecule has 0 spiro atoms. The molecule has 2 aliphatic heterocycles. The monoisotopic (exact) mass is 431 g/mol. The van der Waals surface area contributed by atoms with Crippen LogP contribution in [0.4, 0.5) is 9.93 Å². The summed E-state index contributed by atoms with van der Waals surface area (Å²) in [5, 5.41) is 3.33. The van der Waals surface area contributed by atoms with E-state index in [0.717, 1.165) is 10.6 Å². The third kappa shape index (κ3) is 4.35. The highest BCUT2D eigenvalue weighted by Crippen LogP contribution is 2.34. The maximum atomic E-state index is 12.8. The van der Waals surface area contributed by atoms with Crippen molar-refractivity contribution in [2.75, 3.05) is 11.9 Å². The van der Waals surface area contributed by atoms with Gasteiger partial charge in [-0.05, 0) is 39.8 Å². The van der Waals surface area contributed by atoms with Crippen LogP contribution in [0.25, 0.3) is 0 Å². The number of carbonyl (C=O) groups is 2. The predicted octanol–water partition coefficient (Wildman–Crippen LogP) is 3.60. The van der Waals surface area contributed by atoms with Crippen LogP contribution in [0.15, 0.2) is 24.3 Å². The van der Waals surface area contributed by atoms with Crippen molar-refractivity contribution in [2.45, 2.75) is 58.5 Å². The van der Waals surface area contributed by atoms with Gasteiger partial charge < -0.3 is 19.1 Å². The van der Waals surface area contributed by atoms with Crippen molar-refractivity contribution in [3.05, 3.63) is 34.8 Å². The molecule has 0 radical (unpaired) electrons. The summed E-state index contributed by atoms with van der Waals surface area (Å²) in [6, 6.07) is 7.27. The summed E-state index contributed by atoms with van der Waals surface area (Å²) in [5.41, 5.74) is 0.357. The Morgan fingerprint density at radius 2 is 1.93 bits per heavy atom. The Labute approximate surface area is 179 Å². The minimum absolute atomic E-state index is 0.313. The van der Waals surface area contributed by atoms with Crippen molar-refractivity contribution in [3.63, 3.8) is 0 Å². The largest absolute Gasteiger partial charge is 0.482 e. The Bertz CT molecular complexity index is 968. The molecule has 2 aromatic rings. The molecular formula is C21H25N3O5S. The lowest BCUT2D eigenvalue weighted by Gasteiger charge is -2.30. The fourth-order valence-corrected chi connectivity index (χ4v) is 4.34. The van der Waals surface area contributed by atoms with Gasteiger partial charge in [-0.3, -0.25) is 10.1 Å². The molecule has 8 nitrogen and oxygen atoms in total. The summed E-state index contributed by atoms with van der Waals surface area (Å²) in [7, 11) is 0. The van der Waals surface area contributed by atoms with Gasteiger partial charge in [0.1, 0.15) is 11.7 Å². The lowest BCUT2D eigenvalue weighted by atomic mass is 10.1. The second-order valence-electron chi connectivity index (χ2n) is 8.34. The molecular weight excluding hydrogens is 406 g/mol. The molecule has 1 aromatic heterocycles. The number of anilines is 1. The minimum atomic E-state index is -0.779. The lowest BCUT2D eigenvalue weighted by Crippen LogP contribution is -2.46. The molecule has 1 N–H and O–H groups in total. The summed E-state index contributed by atoms with van der Waals surface area (Å²) >= 11 is 1.36. The Morgan fingerprint density at radius 1 is 1.23 bits per heavy atom. The van der Waals surface area contributed by atoms with Crippen LogP contribution in [0.5, 0.6) is 11.5 Å². The van der Waals surface area contributed by atoms with E-state index in [2.05, 4.69) is 10.3 Å². The van der Waals surface area contributed by atoms with Crippen LogP contribution in [0.1, 0.15) is 38.3 Å². The molecule has 0 saturated heterocycles. The first-order valence-corrected chi connectivity index (χ1v) is 10.7. The van der Waals surface area contributed by atoms with Crippen molar-refractivity contribution < 1.29 is 23.8 Å². The zero-order valence-electron chi connectivity index (χ0n) is 17.4. The van der Waals surface area contributed by atoms with Gasteiger partial charge in [0.2, 0.25) is 6.10 Å². The Hall–Kier alpha value is -2.81. The van der Waals surface area contributed by atoms with Gasteiger partial charge in [0, 0.05) is 17.8 Å². The molecule has 4 rings (SSSR count). The first-order valence-electron chi connectivity index (χ1n) is 9.89. The number of carbonyl (C=O) groups excluding carboxylic acids is 2. The molecule has 0 saturated carbocycles. The first kappa shape index (κ1) is 20.5. The molecule has 160 valence electrons. The average molecular weight is 432 g/mol. The molecule has 0 aliphatic carbocycles. The van der Waals surface area contributed by atoms with E-state index in [-0.39, 0.29) is 12.0 Å². The SMILES string of the molecule is C[C@@H]1Oc2ccccc2O[C@@H]1C(=O)Nc1nc2c(s1)CN(C(=O)OC(C)(C)C)CC2. The summed E-state index contributed by atoms with van der Waals surface area (Å²) in [6.07, 6.45) is -0.933. The number of hydrogen-bond donors (Lipinski definition) is 1. The fourth-order valence-electron chi connectivity index (χ4n) is 3.31. The number of nitrogens with one attached hydrogen (secondary N) is 1. The highest BCUT2D eigenvalue weighted by atomic mass is 32.1.